The largest absolute Gasteiger partial charge is 0.480 e. The van der Waals surface area contributed by atoms with Crippen molar-refractivity contribution in [1.82, 2.24) is 4.31 Å². The maximum atomic E-state index is 12.3. The molecule has 1 fully saturated rings. The lowest BCUT2D eigenvalue weighted by Crippen LogP contribution is -2.41. The number of aliphatic carboxylic acids is 1. The third-order valence-corrected chi connectivity index (χ3v) is 7.56. The molecule has 1 unspecified atom stereocenters. The fraction of sp³-hybridized carbons (Fsp3) is 0.444. The molecule has 0 aromatic carbocycles. The topological polar surface area (TPSA) is 74.7 Å². The van der Waals surface area contributed by atoms with Crippen LogP contribution < -0.4 is 0 Å². The highest BCUT2D eigenvalue weighted by Gasteiger charge is 2.40. The Balaban J connectivity index is 2.39. The van der Waals surface area contributed by atoms with E-state index in [2.05, 4.69) is 0 Å². The highest BCUT2D eigenvalue weighted by Crippen LogP contribution is 2.35. The molecule has 1 N–H and O–H groups in total. The van der Waals surface area contributed by atoms with Crippen LogP contribution in [0.3, 0.4) is 0 Å². The summed E-state index contributed by atoms with van der Waals surface area (Å²) in [4.78, 5) is 11.0. The summed E-state index contributed by atoms with van der Waals surface area (Å²) in [5.74, 6) is -0.691. The Hall–Kier alpha value is -0.280. The van der Waals surface area contributed by atoms with Crippen LogP contribution in [0, 0.1) is 6.92 Å². The Morgan fingerprint density at radius 3 is 2.78 bits per heavy atom. The zero-order valence-electron chi connectivity index (χ0n) is 9.29. The molecule has 0 bridgehead atoms. The van der Waals surface area contributed by atoms with Gasteiger partial charge in [0, 0.05) is 5.75 Å². The van der Waals surface area contributed by atoms with Crippen molar-refractivity contribution in [3.8, 4) is 0 Å². The Bertz CT molecular complexity index is 563. The van der Waals surface area contributed by atoms with E-state index in [0.717, 1.165) is 15.6 Å². The number of rotatable bonds is 3. The number of halogens is 1. The van der Waals surface area contributed by atoms with Crippen molar-refractivity contribution in [3.63, 3.8) is 0 Å². The number of nitrogens with zero attached hydrogens (tertiary/aromatic N) is 1. The molecule has 1 atom stereocenters. The predicted octanol–water partition coefficient (Wildman–Crippen LogP) is 1.86. The van der Waals surface area contributed by atoms with Crippen LogP contribution in [0.25, 0.3) is 0 Å². The van der Waals surface area contributed by atoms with Crippen LogP contribution in [0.5, 0.6) is 0 Å². The second kappa shape index (κ2) is 5.01. The lowest BCUT2D eigenvalue weighted by atomic mass is 10.4. The number of hydrogen-bond donors (Lipinski definition) is 1. The van der Waals surface area contributed by atoms with Gasteiger partial charge < -0.3 is 5.11 Å². The van der Waals surface area contributed by atoms with Gasteiger partial charge in [0.25, 0.3) is 10.0 Å². The zero-order valence-corrected chi connectivity index (χ0v) is 12.5. The second-order valence-electron chi connectivity index (χ2n) is 3.77. The molecule has 0 amide bonds. The van der Waals surface area contributed by atoms with Gasteiger partial charge >= 0.3 is 5.97 Å². The lowest BCUT2D eigenvalue weighted by molar-refractivity contribution is -0.140. The van der Waals surface area contributed by atoms with Gasteiger partial charge in [-0.25, -0.2) is 8.42 Å². The normalized spacial score (nSPS) is 21.3. The van der Waals surface area contributed by atoms with Crippen molar-refractivity contribution in [2.24, 2.45) is 0 Å². The fourth-order valence-electron chi connectivity index (χ4n) is 1.53. The van der Waals surface area contributed by atoms with Crippen molar-refractivity contribution in [1.29, 1.82) is 0 Å². The van der Waals surface area contributed by atoms with Crippen LogP contribution in [0.15, 0.2) is 10.3 Å². The Kier molecular flexibility index (Phi) is 3.93. The molecule has 0 radical (unpaired) electrons. The molecule has 18 heavy (non-hydrogen) atoms. The van der Waals surface area contributed by atoms with Gasteiger partial charge in [-0.15, -0.1) is 23.1 Å². The molecule has 5 nitrogen and oxygen atoms in total. The quantitative estimate of drug-likeness (QED) is 0.917. The predicted molar refractivity (Wildman–Crippen MR) is 71.8 cm³/mol. The SMILES string of the molecule is Cc1cc(S(=O)(=O)N2CSCC2C(=O)O)sc1Cl. The standard InChI is InChI=1S/C9H10ClNO4S3/c1-5-2-7(17-8(5)10)18(14,15)11-4-16-3-6(11)9(12)13/h2,6H,3-4H2,1H3,(H,12,13). The molecular formula is C9H10ClNO4S3. The molecule has 0 aliphatic carbocycles. The van der Waals surface area contributed by atoms with Crippen LogP contribution in [0.2, 0.25) is 4.34 Å². The van der Waals surface area contributed by atoms with E-state index in [1.54, 1.807) is 6.92 Å². The smallest absolute Gasteiger partial charge is 0.322 e. The van der Waals surface area contributed by atoms with Gasteiger partial charge in [0.05, 0.1) is 10.2 Å². The van der Waals surface area contributed by atoms with Crippen LogP contribution in [-0.4, -0.2) is 41.5 Å². The van der Waals surface area contributed by atoms with E-state index < -0.39 is 22.0 Å². The summed E-state index contributed by atoms with van der Waals surface area (Å²) in [6, 6.07) is 0.478. The first kappa shape index (κ1) is 14.1. The molecule has 9 heteroatoms. The van der Waals surface area contributed by atoms with Gasteiger partial charge in [0.1, 0.15) is 10.3 Å². The summed E-state index contributed by atoms with van der Waals surface area (Å²) in [7, 11) is -3.77. The molecule has 0 spiro atoms. The van der Waals surface area contributed by atoms with E-state index in [1.807, 2.05) is 0 Å². The molecule has 0 saturated carbocycles. The minimum atomic E-state index is -3.77. The summed E-state index contributed by atoms with van der Waals surface area (Å²) < 4.78 is 26.2. The number of hydrogen-bond acceptors (Lipinski definition) is 5. The first-order valence-electron chi connectivity index (χ1n) is 4.92. The highest BCUT2D eigenvalue weighted by molar-refractivity contribution is 8.01. The average molecular weight is 328 g/mol. The van der Waals surface area contributed by atoms with Crippen molar-refractivity contribution in [2.45, 2.75) is 17.2 Å². The van der Waals surface area contributed by atoms with Gasteiger partial charge in [0.15, 0.2) is 0 Å². The summed E-state index contributed by atoms with van der Waals surface area (Å²) in [5, 5.41) is 9.01. The number of carbonyl (C=O) groups is 1. The third-order valence-electron chi connectivity index (χ3n) is 2.52. The summed E-state index contributed by atoms with van der Waals surface area (Å²) in [5.41, 5.74) is 0.680. The Morgan fingerprint density at radius 1 is 1.61 bits per heavy atom. The summed E-state index contributed by atoms with van der Waals surface area (Å²) >= 11 is 8.10. The monoisotopic (exact) mass is 327 g/mol. The van der Waals surface area contributed by atoms with E-state index in [4.69, 9.17) is 16.7 Å². The number of carboxylic acids is 1. The van der Waals surface area contributed by atoms with Crippen LogP contribution in [0.1, 0.15) is 5.56 Å². The van der Waals surface area contributed by atoms with Gasteiger partial charge in [-0.05, 0) is 18.6 Å². The van der Waals surface area contributed by atoms with Crippen LogP contribution >= 0.6 is 34.7 Å². The first-order valence-corrected chi connectivity index (χ1v) is 8.71. The van der Waals surface area contributed by atoms with E-state index in [9.17, 15) is 13.2 Å². The molecule has 1 aromatic rings. The second-order valence-corrected chi connectivity index (χ2v) is 8.54. The van der Waals surface area contributed by atoms with Crippen molar-refractivity contribution in [3.05, 3.63) is 16.0 Å². The van der Waals surface area contributed by atoms with Crippen LogP contribution in [-0.2, 0) is 14.8 Å². The maximum absolute atomic E-state index is 12.3. The molecule has 1 saturated heterocycles. The van der Waals surface area contributed by atoms with Crippen LogP contribution in [0.4, 0.5) is 0 Å². The number of sulfonamides is 1. The molecular weight excluding hydrogens is 318 g/mol. The molecule has 1 aliphatic heterocycles. The number of thioether (sulfide) groups is 1. The number of aryl methyl sites for hydroxylation is 1. The van der Waals surface area contributed by atoms with E-state index in [0.29, 0.717) is 9.90 Å². The zero-order chi connectivity index (χ0) is 13.5. The molecule has 100 valence electrons. The Labute approximate surface area is 118 Å². The molecule has 1 aromatic heterocycles. The molecule has 1 aliphatic rings. The number of carboxylic acid groups (broad SMARTS) is 1. The average Bonchev–Trinajstić information content (AvgIpc) is 2.87. The number of thiophene rings is 1. The summed E-state index contributed by atoms with van der Waals surface area (Å²) in [6.45, 7) is 1.71. The van der Waals surface area contributed by atoms with E-state index >= 15 is 0 Å². The lowest BCUT2D eigenvalue weighted by Gasteiger charge is -2.18. The Morgan fingerprint density at radius 2 is 2.28 bits per heavy atom. The third kappa shape index (κ3) is 2.39. The maximum Gasteiger partial charge on any atom is 0.322 e. The van der Waals surface area contributed by atoms with E-state index in [-0.39, 0.29) is 15.8 Å². The van der Waals surface area contributed by atoms with Gasteiger partial charge in [0.2, 0.25) is 0 Å². The van der Waals surface area contributed by atoms with E-state index in [1.165, 1.54) is 17.8 Å². The molecule has 2 rings (SSSR count). The highest BCUT2D eigenvalue weighted by atomic mass is 35.5. The van der Waals surface area contributed by atoms with Crippen molar-refractivity contribution >= 4 is 50.7 Å². The fourth-order valence-corrected chi connectivity index (χ4v) is 6.51. The van der Waals surface area contributed by atoms with Gasteiger partial charge in [-0.2, -0.15) is 4.31 Å². The van der Waals surface area contributed by atoms with Gasteiger partial charge in [-0.1, -0.05) is 11.6 Å². The first-order chi connectivity index (χ1) is 8.34. The van der Waals surface area contributed by atoms with Gasteiger partial charge in [-0.3, -0.25) is 4.79 Å². The minimum absolute atomic E-state index is 0.0961. The molecule has 2 heterocycles. The summed E-state index contributed by atoms with van der Waals surface area (Å²) in [6.07, 6.45) is 0. The minimum Gasteiger partial charge on any atom is -0.480 e. The van der Waals surface area contributed by atoms with Crippen molar-refractivity contribution in [2.75, 3.05) is 11.6 Å². The van der Waals surface area contributed by atoms with Crippen molar-refractivity contribution < 1.29 is 18.3 Å².